The van der Waals surface area contributed by atoms with Crippen LogP contribution in [0.25, 0.3) is 0 Å². The molecule has 0 aliphatic carbocycles. The molecule has 2 rings (SSSR count). The van der Waals surface area contributed by atoms with Gasteiger partial charge in [-0.3, -0.25) is 10.1 Å². The van der Waals surface area contributed by atoms with E-state index >= 15 is 0 Å². The van der Waals surface area contributed by atoms with Crippen LogP contribution in [0.15, 0.2) is 22.7 Å². The minimum atomic E-state index is -0.355. The number of hydrogen-bond donors (Lipinski definition) is 1. The Balaban J connectivity index is 1.76. The highest BCUT2D eigenvalue weighted by Gasteiger charge is 2.17. The Morgan fingerprint density at radius 3 is 2.81 bits per heavy atom. The SMILES string of the molecule is CN1CCC(CCNCc2cccc([N+](=O)[O-])c2Br)CC1. The molecule has 21 heavy (non-hydrogen) atoms. The van der Waals surface area contributed by atoms with Crippen LogP contribution in [0.5, 0.6) is 0 Å². The van der Waals surface area contributed by atoms with E-state index in [2.05, 4.69) is 33.2 Å². The maximum Gasteiger partial charge on any atom is 0.283 e. The van der Waals surface area contributed by atoms with Crippen LogP contribution in [0.4, 0.5) is 5.69 Å². The van der Waals surface area contributed by atoms with Crippen LogP contribution in [0.1, 0.15) is 24.8 Å². The molecule has 1 heterocycles. The number of nitro groups is 1. The molecule has 1 saturated heterocycles. The molecule has 0 radical (unpaired) electrons. The van der Waals surface area contributed by atoms with Gasteiger partial charge in [0.05, 0.1) is 9.40 Å². The smallest absolute Gasteiger partial charge is 0.283 e. The van der Waals surface area contributed by atoms with Gasteiger partial charge in [-0.2, -0.15) is 0 Å². The summed E-state index contributed by atoms with van der Waals surface area (Å²) in [7, 11) is 2.17. The molecule has 0 aromatic heterocycles. The summed E-state index contributed by atoms with van der Waals surface area (Å²) in [4.78, 5) is 12.9. The first kappa shape index (κ1) is 16.4. The molecule has 1 fully saturated rings. The van der Waals surface area contributed by atoms with Crippen molar-refractivity contribution in [1.29, 1.82) is 0 Å². The third-order valence-corrected chi connectivity index (χ3v) is 5.05. The van der Waals surface area contributed by atoms with Gasteiger partial charge in [-0.25, -0.2) is 0 Å². The molecule has 0 spiro atoms. The van der Waals surface area contributed by atoms with Crippen molar-refractivity contribution in [1.82, 2.24) is 10.2 Å². The average Bonchev–Trinajstić information content (AvgIpc) is 2.46. The first-order chi connectivity index (χ1) is 10.1. The van der Waals surface area contributed by atoms with E-state index in [-0.39, 0.29) is 10.6 Å². The van der Waals surface area contributed by atoms with Gasteiger partial charge in [0, 0.05) is 12.6 Å². The van der Waals surface area contributed by atoms with Crippen molar-refractivity contribution in [3.8, 4) is 0 Å². The Bertz CT molecular complexity index is 488. The maximum absolute atomic E-state index is 10.9. The number of likely N-dealkylation sites (tertiary alicyclic amines) is 1. The van der Waals surface area contributed by atoms with Crippen molar-refractivity contribution in [3.05, 3.63) is 38.3 Å². The predicted molar refractivity (Wildman–Crippen MR) is 87.3 cm³/mol. The van der Waals surface area contributed by atoms with Gasteiger partial charge in [0.2, 0.25) is 0 Å². The highest BCUT2D eigenvalue weighted by molar-refractivity contribution is 9.10. The lowest BCUT2D eigenvalue weighted by Crippen LogP contribution is -2.31. The van der Waals surface area contributed by atoms with Gasteiger partial charge in [0.25, 0.3) is 5.69 Å². The summed E-state index contributed by atoms with van der Waals surface area (Å²) in [6.45, 7) is 4.01. The molecule has 6 heteroatoms. The van der Waals surface area contributed by atoms with Crippen LogP contribution in [-0.2, 0) is 6.54 Å². The second kappa shape index (κ2) is 7.87. The molecule has 1 N–H and O–H groups in total. The lowest BCUT2D eigenvalue weighted by molar-refractivity contribution is -0.385. The van der Waals surface area contributed by atoms with Crippen LogP contribution in [0, 0.1) is 16.0 Å². The lowest BCUT2D eigenvalue weighted by atomic mass is 9.94. The Morgan fingerprint density at radius 1 is 1.43 bits per heavy atom. The molecule has 1 aliphatic rings. The Morgan fingerprint density at radius 2 is 2.14 bits per heavy atom. The normalized spacial score (nSPS) is 17.0. The van der Waals surface area contributed by atoms with E-state index in [1.165, 1.54) is 38.4 Å². The molecule has 1 aromatic rings. The fraction of sp³-hybridized carbons (Fsp3) is 0.600. The molecule has 0 saturated carbocycles. The summed E-state index contributed by atoms with van der Waals surface area (Å²) in [6.07, 6.45) is 3.73. The molecule has 5 nitrogen and oxygen atoms in total. The van der Waals surface area contributed by atoms with Crippen LogP contribution < -0.4 is 5.32 Å². The van der Waals surface area contributed by atoms with Gasteiger partial charge < -0.3 is 10.2 Å². The largest absolute Gasteiger partial charge is 0.313 e. The molecule has 116 valence electrons. The van der Waals surface area contributed by atoms with Crippen molar-refractivity contribution in [2.24, 2.45) is 5.92 Å². The maximum atomic E-state index is 10.9. The Labute approximate surface area is 134 Å². The molecule has 0 atom stereocenters. The average molecular weight is 356 g/mol. The number of halogens is 1. The zero-order valence-electron chi connectivity index (χ0n) is 12.3. The summed E-state index contributed by atoms with van der Waals surface area (Å²) >= 11 is 3.33. The quantitative estimate of drug-likeness (QED) is 0.483. The van der Waals surface area contributed by atoms with E-state index in [0.717, 1.165) is 18.0 Å². The molecule has 0 unspecified atom stereocenters. The first-order valence-electron chi connectivity index (χ1n) is 7.39. The van der Waals surface area contributed by atoms with Crippen molar-refractivity contribution >= 4 is 21.6 Å². The van der Waals surface area contributed by atoms with E-state index in [9.17, 15) is 10.1 Å². The van der Waals surface area contributed by atoms with E-state index in [0.29, 0.717) is 11.0 Å². The van der Waals surface area contributed by atoms with Gasteiger partial charge in [-0.1, -0.05) is 12.1 Å². The molecule has 0 amide bonds. The number of piperidine rings is 1. The zero-order valence-corrected chi connectivity index (χ0v) is 13.9. The molecular weight excluding hydrogens is 334 g/mol. The Kier molecular flexibility index (Phi) is 6.14. The summed E-state index contributed by atoms with van der Waals surface area (Å²) < 4.78 is 0.585. The van der Waals surface area contributed by atoms with Crippen molar-refractivity contribution in [3.63, 3.8) is 0 Å². The third-order valence-electron chi connectivity index (χ3n) is 4.14. The number of nitrogens with one attached hydrogen (secondary N) is 1. The topological polar surface area (TPSA) is 58.4 Å². The van der Waals surface area contributed by atoms with E-state index < -0.39 is 0 Å². The minimum Gasteiger partial charge on any atom is -0.313 e. The molecular formula is C15H22BrN3O2. The van der Waals surface area contributed by atoms with E-state index in [1.807, 2.05) is 6.07 Å². The summed E-state index contributed by atoms with van der Waals surface area (Å²) in [5, 5.41) is 14.3. The zero-order chi connectivity index (χ0) is 15.2. The van der Waals surface area contributed by atoms with Crippen molar-refractivity contribution in [2.45, 2.75) is 25.8 Å². The van der Waals surface area contributed by atoms with Crippen molar-refractivity contribution < 1.29 is 4.92 Å². The number of hydrogen-bond acceptors (Lipinski definition) is 4. The summed E-state index contributed by atoms with van der Waals surface area (Å²) in [5.41, 5.74) is 1.07. The van der Waals surface area contributed by atoms with E-state index in [1.54, 1.807) is 6.07 Å². The number of benzene rings is 1. The summed E-state index contributed by atoms with van der Waals surface area (Å²) in [6, 6.07) is 5.17. The van der Waals surface area contributed by atoms with Crippen LogP contribution >= 0.6 is 15.9 Å². The minimum absolute atomic E-state index is 0.129. The fourth-order valence-electron chi connectivity index (χ4n) is 2.72. The standard InChI is InChI=1S/C15H22BrN3O2/c1-18-9-6-12(7-10-18)5-8-17-11-13-3-2-4-14(15(13)16)19(20)21/h2-4,12,17H,5-11H2,1H3. The van der Waals surface area contributed by atoms with Crippen LogP contribution in [0.3, 0.4) is 0 Å². The highest BCUT2D eigenvalue weighted by Crippen LogP contribution is 2.28. The third kappa shape index (κ3) is 4.76. The van der Waals surface area contributed by atoms with Gasteiger partial charge in [0.1, 0.15) is 0 Å². The molecule has 0 bridgehead atoms. The van der Waals surface area contributed by atoms with E-state index in [4.69, 9.17) is 0 Å². The van der Waals surface area contributed by atoms with Gasteiger partial charge >= 0.3 is 0 Å². The van der Waals surface area contributed by atoms with Gasteiger partial charge in [-0.15, -0.1) is 0 Å². The monoisotopic (exact) mass is 355 g/mol. The molecule has 1 aromatic carbocycles. The van der Waals surface area contributed by atoms with Gasteiger partial charge in [-0.05, 0) is 73.4 Å². The number of nitrogens with zero attached hydrogens (tertiary/aromatic N) is 2. The number of rotatable bonds is 6. The first-order valence-corrected chi connectivity index (χ1v) is 8.18. The van der Waals surface area contributed by atoms with Crippen molar-refractivity contribution in [2.75, 3.05) is 26.7 Å². The summed E-state index contributed by atoms with van der Waals surface area (Å²) in [5.74, 6) is 0.808. The number of nitro benzene ring substituents is 1. The highest BCUT2D eigenvalue weighted by atomic mass is 79.9. The fourth-order valence-corrected chi connectivity index (χ4v) is 3.27. The van der Waals surface area contributed by atoms with Crippen LogP contribution in [-0.4, -0.2) is 36.5 Å². The Hall–Kier alpha value is -0.980. The van der Waals surface area contributed by atoms with Crippen LogP contribution in [0.2, 0.25) is 0 Å². The predicted octanol–water partition coefficient (Wildman–Crippen LogP) is 3.18. The lowest BCUT2D eigenvalue weighted by Gasteiger charge is -2.28. The second-order valence-electron chi connectivity index (χ2n) is 5.72. The van der Waals surface area contributed by atoms with Gasteiger partial charge in [0.15, 0.2) is 0 Å². The molecule has 1 aliphatic heterocycles. The second-order valence-corrected chi connectivity index (χ2v) is 6.51.